The van der Waals surface area contributed by atoms with E-state index in [1.54, 1.807) is 0 Å². The third kappa shape index (κ3) is 2.94. The van der Waals surface area contributed by atoms with Crippen molar-refractivity contribution in [1.29, 1.82) is 0 Å². The number of nitrogens with one attached hydrogen (secondary N) is 2. The van der Waals surface area contributed by atoms with E-state index < -0.39 is 0 Å². The van der Waals surface area contributed by atoms with Crippen LogP contribution >= 0.6 is 0 Å². The van der Waals surface area contributed by atoms with E-state index in [4.69, 9.17) is 0 Å². The van der Waals surface area contributed by atoms with Gasteiger partial charge >= 0.3 is 0 Å². The highest BCUT2D eigenvalue weighted by atomic mass is 15.3. The Morgan fingerprint density at radius 2 is 2.32 bits per heavy atom. The Hall–Kier alpha value is -1.85. The van der Waals surface area contributed by atoms with Crippen LogP contribution in [-0.2, 0) is 13.1 Å². The van der Waals surface area contributed by atoms with Gasteiger partial charge in [-0.3, -0.25) is 9.78 Å². The normalized spacial score (nSPS) is 15.1. The molecule has 2 aromatic heterocycles. The van der Waals surface area contributed by atoms with Gasteiger partial charge in [0, 0.05) is 18.7 Å². The van der Waals surface area contributed by atoms with Gasteiger partial charge in [-0.2, -0.15) is 10.1 Å². The van der Waals surface area contributed by atoms with Crippen molar-refractivity contribution in [1.82, 2.24) is 25.0 Å². The lowest BCUT2D eigenvalue weighted by Crippen LogP contribution is -2.10. The Morgan fingerprint density at radius 1 is 1.47 bits per heavy atom. The van der Waals surface area contributed by atoms with Crippen molar-refractivity contribution >= 4 is 5.95 Å². The van der Waals surface area contributed by atoms with E-state index in [0.29, 0.717) is 18.4 Å². The molecule has 2 heterocycles. The molecule has 1 fully saturated rings. The quantitative estimate of drug-likeness (QED) is 0.834. The molecule has 19 heavy (non-hydrogen) atoms. The van der Waals surface area contributed by atoms with Crippen molar-refractivity contribution in [2.24, 2.45) is 5.92 Å². The molecular formula is C13H20N6. The minimum atomic E-state index is 0.364. The second-order valence-electron chi connectivity index (χ2n) is 5.50. The molecule has 1 aliphatic rings. The number of anilines is 1. The summed E-state index contributed by atoms with van der Waals surface area (Å²) < 4.78 is 2.08. The van der Waals surface area contributed by atoms with Crippen LogP contribution in [0, 0.1) is 5.92 Å². The first-order chi connectivity index (χ1) is 9.22. The van der Waals surface area contributed by atoms with Crippen LogP contribution in [0.5, 0.6) is 0 Å². The molecule has 102 valence electrons. The second-order valence-corrected chi connectivity index (χ2v) is 5.50. The van der Waals surface area contributed by atoms with Crippen LogP contribution in [0.2, 0.25) is 0 Å². The SMILES string of the molecule is CC(C)c1nc(NCc2ccnn2CC2CC2)n[nH]1. The molecule has 6 nitrogen and oxygen atoms in total. The first-order valence-corrected chi connectivity index (χ1v) is 6.89. The summed E-state index contributed by atoms with van der Waals surface area (Å²) in [4.78, 5) is 4.40. The fraction of sp³-hybridized carbons (Fsp3) is 0.615. The maximum Gasteiger partial charge on any atom is 0.242 e. The van der Waals surface area contributed by atoms with Crippen LogP contribution in [-0.4, -0.2) is 25.0 Å². The van der Waals surface area contributed by atoms with Gasteiger partial charge in [-0.1, -0.05) is 13.8 Å². The zero-order chi connectivity index (χ0) is 13.2. The highest BCUT2D eigenvalue weighted by Gasteiger charge is 2.22. The molecule has 0 unspecified atom stereocenters. The van der Waals surface area contributed by atoms with Crippen LogP contribution in [0.15, 0.2) is 12.3 Å². The van der Waals surface area contributed by atoms with Gasteiger partial charge in [-0.15, -0.1) is 5.10 Å². The Bertz CT molecular complexity index is 537. The molecule has 0 aromatic carbocycles. The van der Waals surface area contributed by atoms with Crippen LogP contribution < -0.4 is 5.32 Å². The van der Waals surface area contributed by atoms with Gasteiger partial charge in [0.2, 0.25) is 5.95 Å². The molecule has 1 aliphatic carbocycles. The second kappa shape index (κ2) is 5.03. The monoisotopic (exact) mass is 260 g/mol. The highest BCUT2D eigenvalue weighted by Crippen LogP contribution is 2.30. The number of aromatic nitrogens is 5. The van der Waals surface area contributed by atoms with Crippen molar-refractivity contribution < 1.29 is 0 Å². The standard InChI is InChI=1S/C13H20N6/c1-9(2)12-16-13(18-17-12)14-7-11-5-6-15-19(11)8-10-3-4-10/h5-6,9-10H,3-4,7-8H2,1-2H3,(H2,14,16,17,18). The van der Waals surface area contributed by atoms with Crippen LogP contribution in [0.1, 0.15) is 44.1 Å². The largest absolute Gasteiger partial charge is 0.347 e. The van der Waals surface area contributed by atoms with E-state index in [1.807, 2.05) is 12.3 Å². The molecule has 2 aromatic rings. The molecule has 0 amide bonds. The summed E-state index contributed by atoms with van der Waals surface area (Å²) in [6.45, 7) is 5.93. The minimum Gasteiger partial charge on any atom is -0.347 e. The topological polar surface area (TPSA) is 71.4 Å². The summed E-state index contributed by atoms with van der Waals surface area (Å²) in [6, 6.07) is 2.05. The molecule has 0 bridgehead atoms. The summed E-state index contributed by atoms with van der Waals surface area (Å²) in [5.41, 5.74) is 1.18. The van der Waals surface area contributed by atoms with Gasteiger partial charge in [-0.05, 0) is 24.8 Å². The van der Waals surface area contributed by atoms with E-state index in [9.17, 15) is 0 Å². The average molecular weight is 260 g/mol. The van der Waals surface area contributed by atoms with Gasteiger partial charge in [0.25, 0.3) is 0 Å². The van der Waals surface area contributed by atoms with E-state index in [0.717, 1.165) is 18.3 Å². The van der Waals surface area contributed by atoms with E-state index in [1.165, 1.54) is 18.5 Å². The minimum absolute atomic E-state index is 0.364. The summed E-state index contributed by atoms with van der Waals surface area (Å²) in [7, 11) is 0. The van der Waals surface area contributed by atoms with Gasteiger partial charge in [0.05, 0.1) is 12.2 Å². The number of rotatable bonds is 6. The average Bonchev–Trinajstić information content (AvgIpc) is 2.90. The molecule has 1 saturated carbocycles. The van der Waals surface area contributed by atoms with Gasteiger partial charge in [0.1, 0.15) is 5.82 Å². The Morgan fingerprint density at radius 3 is 3.00 bits per heavy atom. The van der Waals surface area contributed by atoms with E-state index in [2.05, 4.69) is 44.1 Å². The molecule has 0 aliphatic heterocycles. The molecule has 2 N–H and O–H groups in total. The number of H-pyrrole nitrogens is 1. The van der Waals surface area contributed by atoms with Crippen LogP contribution in [0.4, 0.5) is 5.95 Å². The van der Waals surface area contributed by atoms with Crippen molar-refractivity contribution in [2.45, 2.75) is 45.7 Å². The first-order valence-electron chi connectivity index (χ1n) is 6.89. The van der Waals surface area contributed by atoms with Crippen molar-refractivity contribution in [3.8, 4) is 0 Å². The zero-order valence-corrected chi connectivity index (χ0v) is 11.4. The van der Waals surface area contributed by atoms with Gasteiger partial charge < -0.3 is 5.32 Å². The summed E-state index contributed by atoms with van der Waals surface area (Å²) in [5.74, 6) is 2.76. The Balaban J connectivity index is 1.60. The summed E-state index contributed by atoms with van der Waals surface area (Å²) in [6.07, 6.45) is 4.54. The predicted octanol–water partition coefficient (Wildman–Crippen LogP) is 2.15. The lowest BCUT2D eigenvalue weighted by atomic mass is 10.2. The third-order valence-corrected chi connectivity index (χ3v) is 3.41. The smallest absolute Gasteiger partial charge is 0.242 e. The van der Waals surface area contributed by atoms with Gasteiger partial charge in [-0.25, -0.2) is 0 Å². The number of nitrogens with zero attached hydrogens (tertiary/aromatic N) is 4. The maximum absolute atomic E-state index is 4.40. The fourth-order valence-corrected chi connectivity index (χ4v) is 2.00. The molecule has 0 atom stereocenters. The number of hydrogen-bond donors (Lipinski definition) is 2. The maximum atomic E-state index is 4.40. The Kier molecular flexibility index (Phi) is 3.23. The third-order valence-electron chi connectivity index (χ3n) is 3.41. The lowest BCUT2D eigenvalue weighted by molar-refractivity contribution is 0.542. The van der Waals surface area contributed by atoms with Crippen molar-refractivity contribution in [2.75, 3.05) is 5.32 Å². The molecule has 3 rings (SSSR count). The molecule has 0 spiro atoms. The van der Waals surface area contributed by atoms with Crippen LogP contribution in [0.3, 0.4) is 0 Å². The number of hydrogen-bond acceptors (Lipinski definition) is 4. The molecule has 0 radical (unpaired) electrons. The predicted molar refractivity (Wildman–Crippen MR) is 72.7 cm³/mol. The van der Waals surface area contributed by atoms with Gasteiger partial charge in [0.15, 0.2) is 0 Å². The van der Waals surface area contributed by atoms with Crippen LogP contribution in [0.25, 0.3) is 0 Å². The van der Waals surface area contributed by atoms with E-state index in [-0.39, 0.29) is 0 Å². The Labute approximate surface area is 112 Å². The van der Waals surface area contributed by atoms with Crippen molar-refractivity contribution in [3.63, 3.8) is 0 Å². The lowest BCUT2D eigenvalue weighted by Gasteiger charge is -2.06. The summed E-state index contributed by atoms with van der Waals surface area (Å²) >= 11 is 0. The molecular weight excluding hydrogens is 240 g/mol. The first kappa shape index (κ1) is 12.2. The van der Waals surface area contributed by atoms with Crippen molar-refractivity contribution in [3.05, 3.63) is 23.8 Å². The molecule has 0 saturated heterocycles. The number of aromatic amines is 1. The highest BCUT2D eigenvalue weighted by molar-refractivity contribution is 5.24. The molecule has 6 heteroatoms. The summed E-state index contributed by atoms with van der Waals surface area (Å²) in [5, 5.41) is 14.7. The zero-order valence-electron chi connectivity index (χ0n) is 11.4. The van der Waals surface area contributed by atoms with E-state index >= 15 is 0 Å². The fourth-order valence-electron chi connectivity index (χ4n) is 2.00.